The second-order valence-electron chi connectivity index (χ2n) is 4.75. The van der Waals surface area contributed by atoms with Crippen molar-refractivity contribution in [2.24, 2.45) is 7.05 Å². The minimum absolute atomic E-state index is 0.240. The summed E-state index contributed by atoms with van der Waals surface area (Å²) in [6.45, 7) is 2.51. The molecule has 0 N–H and O–H groups in total. The van der Waals surface area contributed by atoms with Crippen LogP contribution in [-0.2, 0) is 23.5 Å². The summed E-state index contributed by atoms with van der Waals surface area (Å²) in [5.41, 5.74) is 3.06. The maximum Gasteiger partial charge on any atom is 0.267 e. The predicted molar refractivity (Wildman–Crippen MR) is 72.6 cm³/mol. The van der Waals surface area contributed by atoms with Crippen LogP contribution in [0.15, 0.2) is 35.5 Å². The lowest BCUT2D eigenvalue weighted by atomic mass is 10.1. The molecule has 1 aromatic carbocycles. The molecule has 1 aliphatic rings. The Labute approximate surface area is 112 Å². The van der Waals surface area contributed by atoms with E-state index in [2.05, 4.69) is 5.10 Å². The van der Waals surface area contributed by atoms with Crippen LogP contribution in [-0.4, -0.2) is 24.7 Å². The summed E-state index contributed by atoms with van der Waals surface area (Å²) < 4.78 is 28.2. The van der Waals surface area contributed by atoms with Crippen LogP contribution >= 0.6 is 0 Å². The van der Waals surface area contributed by atoms with Gasteiger partial charge in [0, 0.05) is 19.8 Å². The minimum atomic E-state index is -3.50. The Bertz CT molecular complexity index is 734. The second kappa shape index (κ2) is 4.09. The van der Waals surface area contributed by atoms with Gasteiger partial charge in [-0.2, -0.15) is 5.10 Å². The van der Waals surface area contributed by atoms with Crippen molar-refractivity contribution < 1.29 is 8.42 Å². The van der Waals surface area contributed by atoms with E-state index in [-0.39, 0.29) is 4.90 Å². The number of benzene rings is 1. The van der Waals surface area contributed by atoms with E-state index in [1.54, 1.807) is 7.05 Å². The van der Waals surface area contributed by atoms with Crippen LogP contribution in [0.4, 0.5) is 5.69 Å². The molecule has 2 aromatic rings. The molecule has 2 heterocycles. The second-order valence-corrected chi connectivity index (χ2v) is 6.61. The number of fused-ring (bicyclic) bond motifs is 1. The van der Waals surface area contributed by atoms with Crippen molar-refractivity contribution in [2.75, 3.05) is 10.8 Å². The Morgan fingerprint density at radius 1 is 1.32 bits per heavy atom. The van der Waals surface area contributed by atoms with Crippen LogP contribution in [0.2, 0.25) is 0 Å². The average molecular weight is 277 g/mol. The zero-order valence-electron chi connectivity index (χ0n) is 10.9. The van der Waals surface area contributed by atoms with Gasteiger partial charge in [0.1, 0.15) is 4.90 Å². The zero-order chi connectivity index (χ0) is 13.6. The Hall–Kier alpha value is -1.82. The van der Waals surface area contributed by atoms with E-state index in [1.807, 2.05) is 25.1 Å². The molecule has 100 valence electrons. The van der Waals surface area contributed by atoms with Gasteiger partial charge >= 0.3 is 0 Å². The molecule has 19 heavy (non-hydrogen) atoms. The van der Waals surface area contributed by atoms with Gasteiger partial charge in [0.15, 0.2) is 0 Å². The van der Waals surface area contributed by atoms with Crippen molar-refractivity contribution in [1.29, 1.82) is 0 Å². The van der Waals surface area contributed by atoms with E-state index >= 15 is 0 Å². The fourth-order valence-corrected chi connectivity index (χ4v) is 3.97. The lowest BCUT2D eigenvalue weighted by Gasteiger charge is -2.18. The molecule has 1 aliphatic heterocycles. The molecule has 0 saturated carbocycles. The van der Waals surface area contributed by atoms with Crippen LogP contribution in [0.25, 0.3) is 0 Å². The average Bonchev–Trinajstić information content (AvgIpc) is 2.96. The van der Waals surface area contributed by atoms with Crippen molar-refractivity contribution in [3.63, 3.8) is 0 Å². The standard InChI is InChI=1S/C13H15N3O2S/c1-10-4-3-5-13-12(10)6-7-16(13)19(17,18)11-8-14-15(2)9-11/h3-5,8-9H,6-7H2,1-2H3. The third kappa shape index (κ3) is 1.83. The molecule has 0 fully saturated rings. The van der Waals surface area contributed by atoms with Gasteiger partial charge in [0.25, 0.3) is 10.0 Å². The SMILES string of the molecule is Cc1cccc2c1CCN2S(=O)(=O)c1cnn(C)c1. The molecule has 0 amide bonds. The minimum Gasteiger partial charge on any atom is -0.274 e. The number of sulfonamides is 1. The van der Waals surface area contributed by atoms with Crippen LogP contribution in [0.1, 0.15) is 11.1 Å². The summed E-state index contributed by atoms with van der Waals surface area (Å²) in [4.78, 5) is 0.240. The van der Waals surface area contributed by atoms with Gasteiger partial charge < -0.3 is 0 Å². The number of hydrogen-bond donors (Lipinski definition) is 0. The highest BCUT2D eigenvalue weighted by Gasteiger charge is 2.32. The molecule has 0 unspecified atom stereocenters. The van der Waals surface area contributed by atoms with Crippen molar-refractivity contribution in [3.05, 3.63) is 41.7 Å². The number of nitrogens with zero attached hydrogens (tertiary/aromatic N) is 3. The molecule has 6 heteroatoms. The molecule has 0 bridgehead atoms. The normalized spacial score (nSPS) is 14.7. The Morgan fingerprint density at radius 3 is 2.79 bits per heavy atom. The first-order chi connectivity index (χ1) is 9.00. The van der Waals surface area contributed by atoms with Crippen molar-refractivity contribution in [1.82, 2.24) is 9.78 Å². The Kier molecular flexibility index (Phi) is 2.63. The quantitative estimate of drug-likeness (QED) is 0.835. The van der Waals surface area contributed by atoms with Crippen molar-refractivity contribution in [2.45, 2.75) is 18.2 Å². The largest absolute Gasteiger partial charge is 0.274 e. The van der Waals surface area contributed by atoms with Gasteiger partial charge in [-0.15, -0.1) is 0 Å². The predicted octanol–water partition coefficient (Wildman–Crippen LogP) is 1.48. The molecular weight excluding hydrogens is 262 g/mol. The molecule has 0 radical (unpaired) electrons. The highest BCUT2D eigenvalue weighted by atomic mass is 32.2. The summed E-state index contributed by atoms with van der Waals surface area (Å²) in [6, 6.07) is 5.77. The fraction of sp³-hybridized carbons (Fsp3) is 0.308. The van der Waals surface area contributed by atoms with Crippen LogP contribution in [0.5, 0.6) is 0 Å². The maximum absolute atomic E-state index is 12.6. The number of aromatic nitrogens is 2. The molecular formula is C13H15N3O2S. The van der Waals surface area contributed by atoms with E-state index in [0.717, 1.165) is 23.2 Å². The molecule has 0 saturated heterocycles. The summed E-state index contributed by atoms with van der Waals surface area (Å²) in [5.74, 6) is 0. The van der Waals surface area contributed by atoms with E-state index in [9.17, 15) is 8.42 Å². The van der Waals surface area contributed by atoms with Gasteiger partial charge in [0.05, 0.1) is 11.9 Å². The van der Waals surface area contributed by atoms with E-state index in [4.69, 9.17) is 0 Å². The topological polar surface area (TPSA) is 55.2 Å². The molecule has 0 aliphatic carbocycles. The van der Waals surface area contributed by atoms with E-state index in [1.165, 1.54) is 21.4 Å². The van der Waals surface area contributed by atoms with Crippen molar-refractivity contribution in [3.8, 4) is 0 Å². The highest BCUT2D eigenvalue weighted by Crippen LogP contribution is 2.34. The maximum atomic E-state index is 12.6. The summed E-state index contributed by atoms with van der Waals surface area (Å²) in [7, 11) is -1.79. The zero-order valence-corrected chi connectivity index (χ0v) is 11.7. The third-order valence-corrected chi connectivity index (χ3v) is 5.25. The summed E-state index contributed by atoms with van der Waals surface area (Å²) in [5, 5.41) is 3.94. The monoisotopic (exact) mass is 277 g/mol. The van der Waals surface area contributed by atoms with Gasteiger partial charge in [-0.25, -0.2) is 8.42 Å². The number of aryl methyl sites for hydroxylation is 2. The highest BCUT2D eigenvalue weighted by molar-refractivity contribution is 7.92. The molecule has 0 spiro atoms. The Balaban J connectivity index is 2.09. The van der Waals surface area contributed by atoms with E-state index in [0.29, 0.717) is 6.54 Å². The van der Waals surface area contributed by atoms with Gasteiger partial charge in [-0.3, -0.25) is 8.99 Å². The summed E-state index contributed by atoms with van der Waals surface area (Å²) >= 11 is 0. The number of hydrogen-bond acceptors (Lipinski definition) is 3. The lowest BCUT2D eigenvalue weighted by molar-refractivity contribution is 0.592. The third-order valence-electron chi connectivity index (χ3n) is 3.49. The van der Waals surface area contributed by atoms with Crippen LogP contribution in [0.3, 0.4) is 0 Å². The molecule has 3 rings (SSSR count). The van der Waals surface area contributed by atoms with Crippen LogP contribution in [0, 0.1) is 6.92 Å². The first kappa shape index (κ1) is 12.2. The van der Waals surface area contributed by atoms with E-state index < -0.39 is 10.0 Å². The number of anilines is 1. The van der Waals surface area contributed by atoms with Gasteiger partial charge in [0.2, 0.25) is 0 Å². The smallest absolute Gasteiger partial charge is 0.267 e. The molecule has 1 aromatic heterocycles. The van der Waals surface area contributed by atoms with Gasteiger partial charge in [-0.05, 0) is 30.5 Å². The first-order valence-electron chi connectivity index (χ1n) is 6.10. The van der Waals surface area contributed by atoms with Gasteiger partial charge in [-0.1, -0.05) is 12.1 Å². The number of rotatable bonds is 2. The van der Waals surface area contributed by atoms with Crippen molar-refractivity contribution >= 4 is 15.7 Å². The lowest BCUT2D eigenvalue weighted by Crippen LogP contribution is -2.28. The molecule has 5 nitrogen and oxygen atoms in total. The fourth-order valence-electron chi connectivity index (χ4n) is 2.49. The Morgan fingerprint density at radius 2 is 2.11 bits per heavy atom. The first-order valence-corrected chi connectivity index (χ1v) is 7.54. The summed E-state index contributed by atoms with van der Waals surface area (Å²) in [6.07, 6.45) is 3.69. The van der Waals surface area contributed by atoms with Crippen LogP contribution < -0.4 is 4.31 Å². The molecule has 0 atom stereocenters.